The number of carbonyl (C=O) groups excluding carboxylic acids is 1. The maximum Gasteiger partial charge on any atom is 0.165 e. The van der Waals surface area contributed by atoms with Gasteiger partial charge >= 0.3 is 0 Å². The first-order valence-electron chi connectivity index (χ1n) is 11.0. The molecule has 2 unspecified atom stereocenters. The van der Waals surface area contributed by atoms with Gasteiger partial charge in [0, 0.05) is 42.1 Å². The first kappa shape index (κ1) is 19.9. The molecule has 0 bridgehead atoms. The Morgan fingerprint density at radius 1 is 1.23 bits per heavy atom. The molecule has 0 saturated heterocycles. The van der Waals surface area contributed by atoms with Crippen LogP contribution < -0.4 is 5.32 Å². The van der Waals surface area contributed by atoms with Crippen LogP contribution in [0, 0.1) is 5.41 Å². The second kappa shape index (κ2) is 6.74. The zero-order valence-corrected chi connectivity index (χ0v) is 18.9. The second-order valence-electron chi connectivity index (χ2n) is 9.77. The molecule has 0 fully saturated rings. The molecular formula is C25H29N5O. The first-order chi connectivity index (χ1) is 14.7. The van der Waals surface area contributed by atoms with Crippen LogP contribution in [0.3, 0.4) is 0 Å². The number of rotatable bonds is 3. The minimum absolute atomic E-state index is 0.0653. The average Bonchev–Trinajstić information content (AvgIpc) is 3.31. The van der Waals surface area contributed by atoms with Crippen LogP contribution in [0.15, 0.2) is 69.3 Å². The van der Waals surface area contributed by atoms with E-state index in [4.69, 9.17) is 0 Å². The Bertz CT molecular complexity index is 1180. The molecule has 5 rings (SSSR count). The molecule has 160 valence electrons. The monoisotopic (exact) mass is 415 g/mol. The SMILES string of the molecule is CCC1(c2cccc(-c3ccn(C)n3)c2)C2=C(CC(C)(C)CC2=O)NC2N=NC(C)=C21. The quantitative estimate of drug-likeness (QED) is 0.763. The van der Waals surface area contributed by atoms with Gasteiger partial charge in [-0.3, -0.25) is 9.48 Å². The van der Waals surface area contributed by atoms with Crippen molar-refractivity contribution in [1.29, 1.82) is 0 Å². The molecule has 1 aliphatic carbocycles. The standard InChI is InChI=1S/C25H29N5O/c1-6-25(17-9-7-8-16(12-17)18-10-11-30(5)29-18)21-15(2)27-28-23(21)26-19-13-24(3,4)14-20(31)22(19)25/h7-12,23,26H,6,13-14H2,1-5H3. The van der Waals surface area contributed by atoms with E-state index in [-0.39, 0.29) is 17.4 Å². The predicted octanol–water partition coefficient (Wildman–Crippen LogP) is 5.05. The molecule has 1 aromatic carbocycles. The van der Waals surface area contributed by atoms with Crippen molar-refractivity contribution >= 4 is 5.78 Å². The fourth-order valence-corrected chi connectivity index (χ4v) is 5.72. The van der Waals surface area contributed by atoms with Crippen molar-refractivity contribution in [3.8, 4) is 11.3 Å². The normalized spacial score (nSPS) is 26.7. The van der Waals surface area contributed by atoms with Crippen LogP contribution in [-0.4, -0.2) is 21.7 Å². The van der Waals surface area contributed by atoms with Crippen molar-refractivity contribution in [2.45, 2.75) is 58.5 Å². The highest BCUT2D eigenvalue weighted by Gasteiger charge is 2.53. The molecule has 1 aromatic heterocycles. The van der Waals surface area contributed by atoms with E-state index >= 15 is 0 Å². The van der Waals surface area contributed by atoms with E-state index in [0.717, 1.165) is 52.2 Å². The van der Waals surface area contributed by atoms with Gasteiger partial charge in [0.1, 0.15) is 0 Å². The van der Waals surface area contributed by atoms with Gasteiger partial charge in [-0.1, -0.05) is 39.0 Å². The molecular weight excluding hydrogens is 386 g/mol. The van der Waals surface area contributed by atoms with Gasteiger partial charge < -0.3 is 5.32 Å². The van der Waals surface area contributed by atoms with Crippen molar-refractivity contribution in [2.75, 3.05) is 0 Å². The van der Waals surface area contributed by atoms with Crippen molar-refractivity contribution < 1.29 is 4.79 Å². The van der Waals surface area contributed by atoms with Crippen molar-refractivity contribution in [3.05, 3.63) is 64.6 Å². The van der Waals surface area contributed by atoms with Crippen LogP contribution in [0.25, 0.3) is 11.3 Å². The van der Waals surface area contributed by atoms with Crippen molar-refractivity contribution in [3.63, 3.8) is 0 Å². The number of allylic oxidation sites excluding steroid dienone is 3. The minimum atomic E-state index is -0.531. The fraction of sp³-hybridized carbons (Fsp3) is 0.440. The van der Waals surface area contributed by atoms with E-state index < -0.39 is 5.41 Å². The van der Waals surface area contributed by atoms with Gasteiger partial charge in [0.25, 0.3) is 0 Å². The second-order valence-corrected chi connectivity index (χ2v) is 9.77. The number of aryl methyl sites for hydroxylation is 1. The van der Waals surface area contributed by atoms with Gasteiger partial charge in [-0.15, -0.1) is 0 Å². The van der Waals surface area contributed by atoms with E-state index in [9.17, 15) is 4.79 Å². The highest BCUT2D eigenvalue weighted by atomic mass is 16.1. The summed E-state index contributed by atoms with van der Waals surface area (Å²) < 4.78 is 1.81. The molecule has 0 radical (unpaired) electrons. The number of hydrogen-bond donors (Lipinski definition) is 1. The number of carbonyl (C=O) groups is 1. The predicted molar refractivity (Wildman–Crippen MR) is 120 cm³/mol. The molecule has 2 aromatic rings. The largest absolute Gasteiger partial charge is 0.362 e. The summed E-state index contributed by atoms with van der Waals surface area (Å²) in [4.78, 5) is 13.6. The maximum atomic E-state index is 13.6. The molecule has 0 spiro atoms. The third-order valence-corrected chi connectivity index (χ3v) is 6.95. The number of hydrogen-bond acceptors (Lipinski definition) is 5. The number of nitrogens with zero attached hydrogens (tertiary/aromatic N) is 4. The smallest absolute Gasteiger partial charge is 0.165 e. The number of nitrogens with one attached hydrogen (secondary N) is 1. The van der Waals surface area contributed by atoms with E-state index in [1.165, 1.54) is 0 Å². The van der Waals surface area contributed by atoms with Crippen molar-refractivity contribution in [1.82, 2.24) is 15.1 Å². The summed E-state index contributed by atoms with van der Waals surface area (Å²) in [6.07, 6.45) is 3.92. The molecule has 2 atom stereocenters. The molecule has 0 saturated carbocycles. The third kappa shape index (κ3) is 2.92. The highest BCUT2D eigenvalue weighted by Crippen LogP contribution is 2.55. The summed E-state index contributed by atoms with van der Waals surface area (Å²) >= 11 is 0. The average molecular weight is 416 g/mol. The van der Waals surface area contributed by atoms with Gasteiger partial charge in [0.2, 0.25) is 0 Å². The third-order valence-electron chi connectivity index (χ3n) is 6.95. The van der Waals surface area contributed by atoms with Crippen LogP contribution in [0.4, 0.5) is 0 Å². The van der Waals surface area contributed by atoms with E-state index in [1.807, 2.05) is 30.9 Å². The van der Waals surface area contributed by atoms with Gasteiger partial charge in [-0.25, -0.2) is 0 Å². The van der Waals surface area contributed by atoms with Crippen LogP contribution in [0.5, 0.6) is 0 Å². The van der Waals surface area contributed by atoms with Crippen LogP contribution in [0.2, 0.25) is 0 Å². The Morgan fingerprint density at radius 3 is 2.74 bits per heavy atom. The first-order valence-corrected chi connectivity index (χ1v) is 11.0. The van der Waals surface area contributed by atoms with Gasteiger partial charge in [0.05, 0.1) is 16.8 Å². The summed E-state index contributed by atoms with van der Waals surface area (Å²) in [5, 5.41) is 17.1. The molecule has 1 N–H and O–H groups in total. The Morgan fingerprint density at radius 2 is 2.03 bits per heavy atom. The molecule has 3 aliphatic rings. The maximum absolute atomic E-state index is 13.6. The van der Waals surface area contributed by atoms with Gasteiger partial charge in [-0.2, -0.15) is 15.3 Å². The molecule has 0 amide bonds. The number of azo groups is 1. The highest BCUT2D eigenvalue weighted by molar-refractivity contribution is 6.01. The number of aromatic nitrogens is 2. The van der Waals surface area contributed by atoms with Crippen LogP contribution in [0.1, 0.15) is 52.5 Å². The lowest BCUT2D eigenvalue weighted by Crippen LogP contribution is -2.51. The zero-order chi connectivity index (χ0) is 22.0. The van der Waals surface area contributed by atoms with Gasteiger partial charge in [0.15, 0.2) is 11.9 Å². The molecule has 2 aliphatic heterocycles. The summed E-state index contributed by atoms with van der Waals surface area (Å²) in [7, 11) is 1.92. The molecule has 31 heavy (non-hydrogen) atoms. The lowest BCUT2D eigenvalue weighted by atomic mass is 9.58. The van der Waals surface area contributed by atoms with E-state index in [0.29, 0.717) is 6.42 Å². The molecule has 6 nitrogen and oxygen atoms in total. The number of fused-ring (bicyclic) bond motifs is 1. The van der Waals surface area contributed by atoms with Crippen LogP contribution in [-0.2, 0) is 17.3 Å². The molecule has 3 heterocycles. The molecule has 6 heteroatoms. The van der Waals surface area contributed by atoms with Crippen LogP contribution >= 0.6 is 0 Å². The van der Waals surface area contributed by atoms with E-state index in [2.05, 4.69) is 65.7 Å². The summed E-state index contributed by atoms with van der Waals surface area (Å²) in [6.45, 7) is 8.51. The fourth-order valence-electron chi connectivity index (χ4n) is 5.72. The Hall–Kier alpha value is -3.02. The van der Waals surface area contributed by atoms with E-state index in [1.54, 1.807) is 0 Å². The number of benzene rings is 1. The Labute approximate surface area is 183 Å². The lowest BCUT2D eigenvalue weighted by Gasteiger charge is -2.48. The summed E-state index contributed by atoms with van der Waals surface area (Å²) in [6, 6.07) is 10.5. The topological polar surface area (TPSA) is 71.6 Å². The Balaban J connectivity index is 1.77. The minimum Gasteiger partial charge on any atom is -0.362 e. The van der Waals surface area contributed by atoms with Crippen molar-refractivity contribution in [2.24, 2.45) is 22.7 Å². The lowest BCUT2D eigenvalue weighted by molar-refractivity contribution is -0.119. The zero-order valence-electron chi connectivity index (χ0n) is 18.9. The summed E-state index contributed by atoms with van der Waals surface area (Å²) in [5.74, 6) is 0.231. The number of ketones is 1. The van der Waals surface area contributed by atoms with Gasteiger partial charge in [-0.05, 0) is 42.9 Å². The number of Topliss-reactive ketones (excluding diaryl/α,β-unsaturated/α-hetero) is 1. The Kier molecular flexibility index (Phi) is 4.33. The summed E-state index contributed by atoms with van der Waals surface area (Å²) in [5.41, 5.74) is 6.47.